The van der Waals surface area contributed by atoms with Gasteiger partial charge in [-0.25, -0.2) is 19.9 Å². The zero-order valence-corrected chi connectivity index (χ0v) is 23.3. The van der Waals surface area contributed by atoms with Crippen LogP contribution in [-0.4, -0.2) is 64.4 Å². The molecule has 0 spiro atoms. The van der Waals surface area contributed by atoms with Crippen LogP contribution < -0.4 is 5.73 Å². The van der Waals surface area contributed by atoms with Gasteiger partial charge in [-0.15, -0.1) is 0 Å². The number of aromatic amines is 1. The van der Waals surface area contributed by atoms with Crippen molar-refractivity contribution in [3.8, 4) is 0 Å². The summed E-state index contributed by atoms with van der Waals surface area (Å²) in [6, 6.07) is 6.93. The summed E-state index contributed by atoms with van der Waals surface area (Å²) >= 11 is 0. The average molecular weight is 533 g/mol. The van der Waals surface area contributed by atoms with Crippen molar-refractivity contribution in [1.82, 2.24) is 34.4 Å². The molecular weight excluding hydrogens is 492 g/mol. The number of H-pyrrole nitrogens is 1. The Morgan fingerprint density at radius 2 is 2.03 bits per heavy atom. The lowest BCUT2D eigenvalue weighted by atomic mass is 9.76. The molecule has 0 amide bonds. The Morgan fingerprint density at radius 1 is 1.21 bits per heavy atom. The lowest BCUT2D eigenvalue weighted by molar-refractivity contribution is -0.0882. The normalized spacial score (nSPS) is 24.6. The van der Waals surface area contributed by atoms with Crippen LogP contribution in [0.25, 0.3) is 22.2 Å². The van der Waals surface area contributed by atoms with Crippen LogP contribution in [0.3, 0.4) is 0 Å². The zero-order valence-electron chi connectivity index (χ0n) is 23.3. The van der Waals surface area contributed by atoms with Crippen LogP contribution >= 0.6 is 0 Å². The molecule has 1 unspecified atom stereocenters. The number of nitrogens with zero attached hydrogens (tertiary/aromatic N) is 6. The highest BCUT2D eigenvalue weighted by molar-refractivity contribution is 5.81. The number of aliphatic hydroxyl groups is 1. The molecule has 0 bridgehead atoms. The van der Waals surface area contributed by atoms with E-state index >= 15 is 0 Å². The van der Waals surface area contributed by atoms with E-state index in [4.69, 9.17) is 15.5 Å². The predicted octanol–water partition coefficient (Wildman–Crippen LogP) is 4.31. The Morgan fingerprint density at radius 3 is 2.79 bits per heavy atom. The Balaban J connectivity index is 1.01. The maximum atomic E-state index is 10.6. The summed E-state index contributed by atoms with van der Waals surface area (Å²) in [7, 11) is 0. The first kappa shape index (κ1) is 26.2. The van der Waals surface area contributed by atoms with Crippen molar-refractivity contribution < 1.29 is 9.84 Å². The van der Waals surface area contributed by atoms with Crippen LogP contribution in [0.1, 0.15) is 77.4 Å². The molecule has 1 aromatic carbocycles. The maximum Gasteiger partial charge on any atom is 0.167 e. The number of fused-ring (bicyclic) bond motifs is 2. The number of rotatable bonds is 8. The average Bonchev–Trinajstić information content (AvgIpc) is 3.59. The third-order valence-corrected chi connectivity index (χ3v) is 8.54. The number of hydrogen-bond donors (Lipinski definition) is 3. The number of hydrogen-bond acceptors (Lipinski definition) is 8. The Kier molecular flexibility index (Phi) is 6.81. The second kappa shape index (κ2) is 10.1. The van der Waals surface area contributed by atoms with Crippen molar-refractivity contribution in [2.45, 2.75) is 96.2 Å². The van der Waals surface area contributed by atoms with Gasteiger partial charge in [0.2, 0.25) is 0 Å². The van der Waals surface area contributed by atoms with Crippen LogP contribution in [0.15, 0.2) is 30.9 Å². The highest BCUT2D eigenvalue weighted by atomic mass is 16.5. The van der Waals surface area contributed by atoms with E-state index in [-0.39, 0.29) is 17.7 Å². The fourth-order valence-electron chi connectivity index (χ4n) is 6.14. The fraction of sp³-hybridized carbons (Fsp3) is 0.586. The summed E-state index contributed by atoms with van der Waals surface area (Å²) in [4.78, 5) is 23.3. The number of nitrogen functional groups attached to an aromatic ring is 1. The predicted molar refractivity (Wildman–Crippen MR) is 151 cm³/mol. The molecule has 4 heterocycles. The molecule has 208 valence electrons. The summed E-state index contributed by atoms with van der Waals surface area (Å²) in [5.41, 5.74) is 10.9. The van der Waals surface area contributed by atoms with Crippen molar-refractivity contribution >= 4 is 28.0 Å². The first-order valence-electron chi connectivity index (χ1n) is 14.2. The summed E-state index contributed by atoms with van der Waals surface area (Å²) in [6.45, 7) is 9.29. The summed E-state index contributed by atoms with van der Waals surface area (Å²) < 4.78 is 8.35. The van der Waals surface area contributed by atoms with Crippen molar-refractivity contribution in [3.05, 3.63) is 42.2 Å². The van der Waals surface area contributed by atoms with Gasteiger partial charge in [-0.05, 0) is 68.1 Å². The number of aryl methyl sites for hydroxylation is 1. The van der Waals surface area contributed by atoms with Crippen molar-refractivity contribution in [1.29, 1.82) is 0 Å². The van der Waals surface area contributed by atoms with Crippen molar-refractivity contribution in [2.75, 3.05) is 12.3 Å². The lowest BCUT2D eigenvalue weighted by Crippen LogP contribution is -2.51. The SMILES string of the molecule is CC(O)N(C[C@@H]1CC[C@H](n2cnc3c(N)ncnc32)O1)C1CC(CCc2nc3ccc(C(C)(C)C)cc3[nH]2)C1. The van der Waals surface area contributed by atoms with Gasteiger partial charge in [-0.3, -0.25) is 9.47 Å². The Labute approximate surface area is 229 Å². The second-order valence-corrected chi connectivity index (χ2v) is 12.4. The van der Waals surface area contributed by atoms with E-state index in [0.717, 1.165) is 61.9 Å². The first-order valence-corrected chi connectivity index (χ1v) is 14.2. The van der Waals surface area contributed by atoms with Gasteiger partial charge in [0.25, 0.3) is 0 Å². The lowest BCUT2D eigenvalue weighted by Gasteiger charge is -2.45. The summed E-state index contributed by atoms with van der Waals surface area (Å²) in [6.07, 6.45) is 8.64. The van der Waals surface area contributed by atoms with E-state index in [1.807, 2.05) is 11.5 Å². The van der Waals surface area contributed by atoms with E-state index in [0.29, 0.717) is 28.9 Å². The van der Waals surface area contributed by atoms with Crippen molar-refractivity contribution in [3.63, 3.8) is 0 Å². The van der Waals surface area contributed by atoms with Gasteiger partial charge in [0.15, 0.2) is 11.5 Å². The minimum atomic E-state index is -0.507. The smallest absolute Gasteiger partial charge is 0.167 e. The molecule has 39 heavy (non-hydrogen) atoms. The molecule has 4 N–H and O–H groups in total. The van der Waals surface area contributed by atoms with E-state index in [1.54, 1.807) is 6.33 Å². The van der Waals surface area contributed by atoms with E-state index in [9.17, 15) is 5.11 Å². The number of nitrogens with one attached hydrogen (secondary N) is 1. The number of nitrogens with two attached hydrogens (primary N) is 1. The van der Waals surface area contributed by atoms with E-state index in [1.165, 1.54) is 11.9 Å². The van der Waals surface area contributed by atoms with Gasteiger partial charge in [-0.1, -0.05) is 26.8 Å². The number of anilines is 1. The van der Waals surface area contributed by atoms with Crippen LogP contribution in [0, 0.1) is 5.92 Å². The summed E-state index contributed by atoms with van der Waals surface area (Å²) in [5, 5.41) is 10.6. The Bertz CT molecular complexity index is 1450. The van der Waals surface area contributed by atoms with E-state index < -0.39 is 6.23 Å². The molecule has 10 heteroatoms. The standard InChI is InChI=1S/C29H40N8O2/c1-17(38)36(14-21-7-10-25(39-21)37-16-33-26-27(30)31-15-32-28(26)37)20-11-18(12-20)5-9-24-34-22-8-6-19(29(2,3)4)13-23(22)35-24/h6,8,13,15-18,20-21,25,38H,5,7,9-12,14H2,1-4H3,(H,34,35)(H2,30,31,32)/t17?,18?,20?,21-,25+/m0/s1. The first-order chi connectivity index (χ1) is 18.7. The number of ether oxygens (including phenoxy) is 1. The van der Waals surface area contributed by atoms with Gasteiger partial charge in [0.1, 0.15) is 30.1 Å². The highest BCUT2D eigenvalue weighted by Crippen LogP contribution is 2.38. The zero-order chi connectivity index (χ0) is 27.3. The molecule has 1 aliphatic carbocycles. The molecule has 2 aliphatic rings. The second-order valence-electron chi connectivity index (χ2n) is 12.4. The molecule has 3 atom stereocenters. The van der Waals surface area contributed by atoms with Gasteiger partial charge in [0, 0.05) is 19.0 Å². The molecule has 10 nitrogen and oxygen atoms in total. The summed E-state index contributed by atoms with van der Waals surface area (Å²) in [5.74, 6) is 2.09. The molecule has 1 saturated carbocycles. The van der Waals surface area contributed by atoms with Crippen LogP contribution in [0.4, 0.5) is 5.82 Å². The molecule has 6 rings (SSSR count). The molecular formula is C29H40N8O2. The molecule has 2 fully saturated rings. The number of imidazole rings is 2. The number of benzene rings is 1. The monoisotopic (exact) mass is 532 g/mol. The maximum absolute atomic E-state index is 10.6. The van der Waals surface area contributed by atoms with Gasteiger partial charge in [0.05, 0.1) is 23.5 Å². The molecule has 3 aromatic heterocycles. The van der Waals surface area contributed by atoms with Gasteiger partial charge in [-0.2, -0.15) is 0 Å². The molecule has 0 radical (unpaired) electrons. The van der Waals surface area contributed by atoms with Crippen LogP contribution in [0.5, 0.6) is 0 Å². The fourth-order valence-corrected chi connectivity index (χ4v) is 6.14. The van der Waals surface area contributed by atoms with Gasteiger partial charge < -0.3 is 20.6 Å². The topological polar surface area (TPSA) is 131 Å². The van der Waals surface area contributed by atoms with E-state index in [2.05, 4.69) is 63.8 Å². The molecule has 1 aliphatic heterocycles. The Hall–Kier alpha value is -3.08. The van der Waals surface area contributed by atoms with Crippen LogP contribution in [0.2, 0.25) is 0 Å². The van der Waals surface area contributed by atoms with Crippen molar-refractivity contribution in [2.24, 2.45) is 5.92 Å². The number of aliphatic hydroxyl groups excluding tert-OH is 1. The third kappa shape index (κ3) is 5.25. The molecule has 1 saturated heterocycles. The highest BCUT2D eigenvalue weighted by Gasteiger charge is 2.38. The minimum Gasteiger partial charge on any atom is -0.382 e. The number of aromatic nitrogens is 6. The molecule has 4 aromatic rings. The third-order valence-electron chi connectivity index (χ3n) is 8.54. The quantitative estimate of drug-likeness (QED) is 0.286. The minimum absolute atomic E-state index is 0.0498. The largest absolute Gasteiger partial charge is 0.382 e. The van der Waals surface area contributed by atoms with Crippen LogP contribution in [-0.2, 0) is 16.6 Å². The van der Waals surface area contributed by atoms with Gasteiger partial charge >= 0.3 is 0 Å².